The average molecular weight is 184 g/mol. The molecule has 0 fully saturated rings. The standard InChI is InChI=1S/C10H12ClO/c1-7-3-4-9(5-10(7)11)8(2)6-12/h3-5,8,12H,2,6H2,1H3. The number of hydrogen-bond donors (Lipinski definition) is 1. The van der Waals surface area contributed by atoms with Crippen LogP contribution in [-0.4, -0.2) is 11.7 Å². The third-order valence-electron chi connectivity index (χ3n) is 1.89. The van der Waals surface area contributed by atoms with Crippen molar-refractivity contribution in [3.63, 3.8) is 0 Å². The van der Waals surface area contributed by atoms with Gasteiger partial charge in [-0.05, 0) is 31.0 Å². The molecule has 0 spiro atoms. The lowest BCUT2D eigenvalue weighted by Crippen LogP contribution is -1.98. The molecule has 0 bridgehead atoms. The van der Waals surface area contributed by atoms with Gasteiger partial charge < -0.3 is 5.11 Å². The van der Waals surface area contributed by atoms with Crippen molar-refractivity contribution in [1.82, 2.24) is 0 Å². The SMILES string of the molecule is [CH2]C(CO)c1ccc(C)c(Cl)c1. The third-order valence-corrected chi connectivity index (χ3v) is 2.29. The number of halogens is 1. The normalized spacial score (nSPS) is 13.0. The van der Waals surface area contributed by atoms with Crippen LogP contribution in [0.5, 0.6) is 0 Å². The molecule has 0 amide bonds. The summed E-state index contributed by atoms with van der Waals surface area (Å²) in [5.41, 5.74) is 2.03. The molecule has 1 nitrogen and oxygen atoms in total. The first-order valence-electron chi connectivity index (χ1n) is 3.85. The molecule has 1 rings (SSSR count). The fourth-order valence-electron chi connectivity index (χ4n) is 0.968. The van der Waals surface area contributed by atoms with Gasteiger partial charge in [0.25, 0.3) is 0 Å². The van der Waals surface area contributed by atoms with Crippen LogP contribution in [-0.2, 0) is 0 Å². The van der Waals surface area contributed by atoms with E-state index in [9.17, 15) is 0 Å². The molecule has 1 unspecified atom stereocenters. The van der Waals surface area contributed by atoms with Crippen LogP contribution in [0.15, 0.2) is 18.2 Å². The summed E-state index contributed by atoms with van der Waals surface area (Å²) in [6.45, 7) is 5.79. The number of rotatable bonds is 2. The summed E-state index contributed by atoms with van der Waals surface area (Å²) >= 11 is 5.91. The molecule has 12 heavy (non-hydrogen) atoms. The molecule has 0 aromatic heterocycles. The monoisotopic (exact) mass is 183 g/mol. The Morgan fingerprint density at radius 3 is 2.75 bits per heavy atom. The Hall–Kier alpha value is -0.530. The summed E-state index contributed by atoms with van der Waals surface area (Å²) < 4.78 is 0. The van der Waals surface area contributed by atoms with Gasteiger partial charge in [-0.25, -0.2) is 0 Å². The van der Waals surface area contributed by atoms with Crippen LogP contribution in [0.25, 0.3) is 0 Å². The van der Waals surface area contributed by atoms with Crippen LogP contribution < -0.4 is 0 Å². The summed E-state index contributed by atoms with van der Waals surface area (Å²) in [5, 5.41) is 9.57. The van der Waals surface area contributed by atoms with Crippen molar-refractivity contribution in [2.45, 2.75) is 12.8 Å². The van der Waals surface area contributed by atoms with Crippen molar-refractivity contribution in [2.24, 2.45) is 0 Å². The molecule has 0 saturated heterocycles. The van der Waals surface area contributed by atoms with Crippen molar-refractivity contribution in [1.29, 1.82) is 0 Å². The first-order valence-corrected chi connectivity index (χ1v) is 4.23. The van der Waals surface area contributed by atoms with Crippen molar-refractivity contribution < 1.29 is 5.11 Å². The second kappa shape index (κ2) is 3.92. The maximum atomic E-state index is 8.84. The van der Waals surface area contributed by atoms with E-state index >= 15 is 0 Å². The van der Waals surface area contributed by atoms with Gasteiger partial charge in [-0.2, -0.15) is 0 Å². The van der Waals surface area contributed by atoms with Gasteiger partial charge >= 0.3 is 0 Å². The molecule has 0 heterocycles. The Balaban J connectivity index is 2.96. The van der Waals surface area contributed by atoms with Gasteiger partial charge in [0.1, 0.15) is 0 Å². The molecule has 1 radical (unpaired) electrons. The zero-order chi connectivity index (χ0) is 9.14. The van der Waals surface area contributed by atoms with E-state index in [1.54, 1.807) is 0 Å². The number of hydrogen-bond acceptors (Lipinski definition) is 1. The van der Waals surface area contributed by atoms with E-state index in [4.69, 9.17) is 16.7 Å². The highest BCUT2D eigenvalue weighted by molar-refractivity contribution is 6.31. The van der Waals surface area contributed by atoms with Gasteiger partial charge in [0, 0.05) is 17.5 Å². The van der Waals surface area contributed by atoms with Crippen LogP contribution in [0, 0.1) is 13.8 Å². The number of aliphatic hydroxyl groups excluding tert-OH is 1. The molecular weight excluding hydrogens is 172 g/mol. The van der Waals surface area contributed by atoms with E-state index in [0.717, 1.165) is 16.1 Å². The van der Waals surface area contributed by atoms with Crippen molar-refractivity contribution in [3.05, 3.63) is 41.3 Å². The molecule has 0 aliphatic carbocycles. The molecule has 0 aliphatic rings. The smallest absolute Gasteiger partial charge is 0.0499 e. The third kappa shape index (κ3) is 1.99. The predicted molar refractivity (Wildman–Crippen MR) is 51.4 cm³/mol. The maximum Gasteiger partial charge on any atom is 0.0499 e. The van der Waals surface area contributed by atoms with Gasteiger partial charge in [-0.15, -0.1) is 0 Å². The second-order valence-corrected chi connectivity index (χ2v) is 3.30. The molecule has 2 heteroatoms. The van der Waals surface area contributed by atoms with Gasteiger partial charge in [0.2, 0.25) is 0 Å². The van der Waals surface area contributed by atoms with Gasteiger partial charge in [0.15, 0.2) is 0 Å². The molecule has 0 aliphatic heterocycles. The molecule has 1 atom stereocenters. The Bertz CT molecular complexity index is 271. The summed E-state index contributed by atoms with van der Waals surface area (Å²) in [7, 11) is 0. The Morgan fingerprint density at radius 1 is 1.58 bits per heavy atom. The highest BCUT2D eigenvalue weighted by Gasteiger charge is 2.04. The number of aliphatic hydroxyl groups is 1. The molecule has 1 aromatic rings. The summed E-state index contributed by atoms with van der Waals surface area (Å²) in [6.07, 6.45) is 0. The highest BCUT2D eigenvalue weighted by Crippen LogP contribution is 2.21. The van der Waals surface area contributed by atoms with Crippen LogP contribution in [0.1, 0.15) is 17.0 Å². The lowest BCUT2D eigenvalue weighted by Gasteiger charge is -2.08. The van der Waals surface area contributed by atoms with Gasteiger partial charge in [-0.3, -0.25) is 0 Å². The van der Waals surface area contributed by atoms with Crippen molar-refractivity contribution >= 4 is 11.6 Å². The van der Waals surface area contributed by atoms with Crippen molar-refractivity contribution in [2.75, 3.05) is 6.61 Å². The summed E-state index contributed by atoms with van der Waals surface area (Å²) in [5.74, 6) is -0.0805. The zero-order valence-electron chi connectivity index (χ0n) is 7.05. The van der Waals surface area contributed by atoms with E-state index in [2.05, 4.69) is 6.92 Å². The quantitative estimate of drug-likeness (QED) is 0.747. The minimum absolute atomic E-state index is 0.0550. The molecule has 0 saturated carbocycles. The van der Waals surface area contributed by atoms with E-state index < -0.39 is 0 Å². The van der Waals surface area contributed by atoms with E-state index in [1.807, 2.05) is 25.1 Å². The number of benzene rings is 1. The minimum Gasteiger partial charge on any atom is -0.396 e. The summed E-state index contributed by atoms with van der Waals surface area (Å²) in [4.78, 5) is 0. The topological polar surface area (TPSA) is 20.2 Å². The zero-order valence-corrected chi connectivity index (χ0v) is 7.80. The van der Waals surface area contributed by atoms with E-state index in [-0.39, 0.29) is 12.5 Å². The largest absolute Gasteiger partial charge is 0.396 e. The predicted octanol–water partition coefficient (Wildman–Crippen LogP) is 2.56. The van der Waals surface area contributed by atoms with Gasteiger partial charge in [0.05, 0.1) is 0 Å². The summed E-state index contributed by atoms with van der Waals surface area (Å²) in [6, 6.07) is 5.73. The average Bonchev–Trinajstić information content (AvgIpc) is 2.08. The molecule has 1 aromatic carbocycles. The maximum absolute atomic E-state index is 8.84. The number of aryl methyl sites for hydroxylation is 1. The first-order chi connectivity index (χ1) is 5.65. The van der Waals surface area contributed by atoms with Crippen LogP contribution in [0.4, 0.5) is 0 Å². The fraction of sp³-hybridized carbons (Fsp3) is 0.300. The van der Waals surface area contributed by atoms with Crippen LogP contribution in [0.2, 0.25) is 5.02 Å². The molecular formula is C10H12ClO. The highest BCUT2D eigenvalue weighted by atomic mass is 35.5. The Kier molecular flexibility index (Phi) is 3.12. The van der Waals surface area contributed by atoms with Crippen molar-refractivity contribution in [3.8, 4) is 0 Å². The van der Waals surface area contributed by atoms with Gasteiger partial charge in [-0.1, -0.05) is 23.7 Å². The van der Waals surface area contributed by atoms with Crippen LogP contribution >= 0.6 is 11.6 Å². The Morgan fingerprint density at radius 2 is 2.25 bits per heavy atom. The second-order valence-electron chi connectivity index (χ2n) is 2.89. The lowest BCUT2D eigenvalue weighted by molar-refractivity contribution is 0.282. The minimum atomic E-state index is -0.0805. The first kappa shape index (κ1) is 9.56. The Labute approximate surface area is 78.0 Å². The molecule has 65 valence electrons. The molecule has 1 N–H and O–H groups in total. The van der Waals surface area contributed by atoms with E-state index in [0.29, 0.717) is 0 Å². The lowest BCUT2D eigenvalue weighted by atomic mass is 10.0. The van der Waals surface area contributed by atoms with Crippen LogP contribution in [0.3, 0.4) is 0 Å². The van der Waals surface area contributed by atoms with E-state index in [1.165, 1.54) is 0 Å². The fourth-order valence-corrected chi connectivity index (χ4v) is 1.16.